The molecule has 0 aliphatic heterocycles. The number of nitrogens with one attached hydrogen (secondary N) is 4. The van der Waals surface area contributed by atoms with Gasteiger partial charge in [-0.1, -0.05) is 0 Å². The van der Waals surface area contributed by atoms with Crippen molar-refractivity contribution in [3.05, 3.63) is 23.5 Å². The molecule has 82 valence electrons. The van der Waals surface area contributed by atoms with E-state index < -0.39 is 0 Å². The van der Waals surface area contributed by atoms with E-state index in [0.717, 1.165) is 11.3 Å². The Labute approximate surface area is 88.5 Å². The molecular formula is C9H16N6. The molecule has 1 aromatic rings. The summed E-state index contributed by atoms with van der Waals surface area (Å²) in [6.45, 7) is 2.64. The highest BCUT2D eigenvalue weighted by Crippen LogP contribution is 2.03. The first-order valence-electron chi connectivity index (χ1n) is 4.58. The van der Waals surface area contributed by atoms with Crippen molar-refractivity contribution in [3.8, 4) is 0 Å². The number of H-pyrrole nitrogens is 1. The zero-order chi connectivity index (χ0) is 11.3. The maximum Gasteiger partial charge on any atom is 0.198 e. The van der Waals surface area contributed by atoms with Crippen molar-refractivity contribution in [2.24, 2.45) is 10.7 Å². The Morgan fingerprint density at radius 2 is 2.40 bits per heavy atom. The number of guanidine groups is 2. The Morgan fingerprint density at radius 1 is 1.67 bits per heavy atom. The molecule has 6 heteroatoms. The summed E-state index contributed by atoms with van der Waals surface area (Å²) in [6.07, 6.45) is 1.88. The van der Waals surface area contributed by atoms with Gasteiger partial charge in [-0.15, -0.1) is 0 Å². The molecular weight excluding hydrogens is 192 g/mol. The van der Waals surface area contributed by atoms with Crippen LogP contribution in [0.1, 0.15) is 11.3 Å². The summed E-state index contributed by atoms with van der Waals surface area (Å²) in [6, 6.07) is 1.99. The maximum absolute atomic E-state index is 7.06. The number of hydrogen-bond donors (Lipinski definition) is 5. The molecule has 0 radical (unpaired) electrons. The molecule has 0 aliphatic carbocycles. The zero-order valence-electron chi connectivity index (χ0n) is 8.89. The summed E-state index contributed by atoms with van der Waals surface area (Å²) in [7, 11) is 1.63. The van der Waals surface area contributed by atoms with E-state index in [9.17, 15) is 0 Å². The maximum atomic E-state index is 7.06. The van der Waals surface area contributed by atoms with Crippen LogP contribution in [0.2, 0.25) is 0 Å². The van der Waals surface area contributed by atoms with Crippen molar-refractivity contribution in [1.82, 2.24) is 15.6 Å². The molecule has 1 heterocycles. The molecule has 1 rings (SSSR count). The minimum absolute atomic E-state index is 0.131. The van der Waals surface area contributed by atoms with Crippen molar-refractivity contribution >= 4 is 11.9 Å². The van der Waals surface area contributed by atoms with Crippen LogP contribution in [0.4, 0.5) is 0 Å². The average molecular weight is 208 g/mol. The largest absolute Gasteiger partial charge is 0.370 e. The van der Waals surface area contributed by atoms with E-state index >= 15 is 0 Å². The lowest BCUT2D eigenvalue weighted by Gasteiger charge is -2.09. The van der Waals surface area contributed by atoms with Crippen LogP contribution in [0.15, 0.2) is 17.3 Å². The SMILES string of the molecule is C/N=C(/NCc1cc[nH]c1C)NC(=N)N. The van der Waals surface area contributed by atoms with Gasteiger partial charge in [-0.25, -0.2) is 0 Å². The summed E-state index contributed by atoms with van der Waals surface area (Å²) in [5, 5.41) is 12.7. The number of aliphatic imine (C=N–C) groups is 1. The van der Waals surface area contributed by atoms with Gasteiger partial charge in [0.25, 0.3) is 0 Å². The lowest BCUT2D eigenvalue weighted by Crippen LogP contribution is -2.43. The van der Waals surface area contributed by atoms with Crippen LogP contribution in [0.5, 0.6) is 0 Å². The lowest BCUT2D eigenvalue weighted by atomic mass is 10.2. The highest BCUT2D eigenvalue weighted by Gasteiger charge is 2.01. The number of nitrogens with zero attached hydrogens (tertiary/aromatic N) is 1. The Kier molecular flexibility index (Phi) is 3.73. The molecule has 0 atom stereocenters. The topological polar surface area (TPSA) is 102 Å². The van der Waals surface area contributed by atoms with Crippen LogP contribution < -0.4 is 16.4 Å². The first-order chi connectivity index (χ1) is 7.13. The molecule has 0 aliphatic rings. The highest BCUT2D eigenvalue weighted by atomic mass is 15.2. The molecule has 0 spiro atoms. The number of aromatic nitrogens is 1. The van der Waals surface area contributed by atoms with E-state index in [-0.39, 0.29) is 5.96 Å². The van der Waals surface area contributed by atoms with E-state index in [1.165, 1.54) is 0 Å². The van der Waals surface area contributed by atoms with Crippen LogP contribution in [0.25, 0.3) is 0 Å². The smallest absolute Gasteiger partial charge is 0.198 e. The highest BCUT2D eigenvalue weighted by molar-refractivity contribution is 5.96. The van der Waals surface area contributed by atoms with E-state index in [4.69, 9.17) is 11.1 Å². The summed E-state index contributed by atoms with van der Waals surface area (Å²) < 4.78 is 0. The fraction of sp³-hybridized carbons (Fsp3) is 0.333. The normalized spacial score (nSPS) is 11.2. The number of hydrogen-bond acceptors (Lipinski definition) is 2. The minimum atomic E-state index is -0.131. The second-order valence-electron chi connectivity index (χ2n) is 3.09. The monoisotopic (exact) mass is 208 g/mol. The Morgan fingerprint density at radius 3 is 2.87 bits per heavy atom. The molecule has 6 nitrogen and oxygen atoms in total. The van der Waals surface area contributed by atoms with Crippen molar-refractivity contribution in [3.63, 3.8) is 0 Å². The summed E-state index contributed by atoms with van der Waals surface area (Å²) in [4.78, 5) is 7.00. The average Bonchev–Trinajstić information content (AvgIpc) is 2.58. The van der Waals surface area contributed by atoms with Gasteiger partial charge in [-0.05, 0) is 18.6 Å². The van der Waals surface area contributed by atoms with E-state index in [1.807, 2.05) is 19.2 Å². The molecule has 0 amide bonds. The molecule has 0 saturated carbocycles. The summed E-state index contributed by atoms with van der Waals surface area (Å²) in [5.74, 6) is 0.358. The third-order valence-electron chi connectivity index (χ3n) is 1.99. The summed E-state index contributed by atoms with van der Waals surface area (Å²) in [5.41, 5.74) is 7.46. The van der Waals surface area contributed by atoms with Gasteiger partial charge in [-0.2, -0.15) is 0 Å². The van der Waals surface area contributed by atoms with Crippen molar-refractivity contribution in [2.75, 3.05) is 7.05 Å². The molecule has 0 fully saturated rings. The fourth-order valence-corrected chi connectivity index (χ4v) is 1.16. The Hall–Kier alpha value is -1.98. The van der Waals surface area contributed by atoms with E-state index in [0.29, 0.717) is 12.5 Å². The van der Waals surface area contributed by atoms with Gasteiger partial charge in [0.1, 0.15) is 0 Å². The van der Waals surface area contributed by atoms with Gasteiger partial charge in [0.2, 0.25) is 0 Å². The Balaban J connectivity index is 2.49. The van der Waals surface area contributed by atoms with Gasteiger partial charge < -0.3 is 16.0 Å². The van der Waals surface area contributed by atoms with E-state index in [2.05, 4.69) is 20.6 Å². The molecule has 15 heavy (non-hydrogen) atoms. The quantitative estimate of drug-likeness (QED) is 0.346. The first kappa shape index (κ1) is 11.1. The van der Waals surface area contributed by atoms with Crippen molar-refractivity contribution in [2.45, 2.75) is 13.5 Å². The molecule has 0 unspecified atom stereocenters. The minimum Gasteiger partial charge on any atom is -0.370 e. The van der Waals surface area contributed by atoms with Crippen LogP contribution in [0.3, 0.4) is 0 Å². The van der Waals surface area contributed by atoms with Crippen LogP contribution in [0, 0.1) is 12.3 Å². The second kappa shape index (κ2) is 5.04. The molecule has 1 aromatic heterocycles. The van der Waals surface area contributed by atoms with Crippen LogP contribution >= 0.6 is 0 Å². The third kappa shape index (κ3) is 3.34. The molecule has 0 bridgehead atoms. The van der Waals surface area contributed by atoms with Gasteiger partial charge in [0.15, 0.2) is 11.9 Å². The third-order valence-corrected chi connectivity index (χ3v) is 1.99. The molecule has 0 aromatic carbocycles. The van der Waals surface area contributed by atoms with Gasteiger partial charge in [-0.3, -0.25) is 15.7 Å². The van der Waals surface area contributed by atoms with Gasteiger partial charge in [0, 0.05) is 25.5 Å². The molecule has 6 N–H and O–H groups in total. The first-order valence-corrected chi connectivity index (χ1v) is 4.58. The van der Waals surface area contributed by atoms with Gasteiger partial charge in [0.05, 0.1) is 0 Å². The molecule has 0 saturated heterocycles. The number of aryl methyl sites for hydroxylation is 1. The number of nitrogens with two attached hydrogens (primary N) is 1. The lowest BCUT2D eigenvalue weighted by molar-refractivity contribution is 0.874. The predicted octanol–water partition coefficient (Wildman–Crippen LogP) is -0.118. The van der Waals surface area contributed by atoms with E-state index in [1.54, 1.807) is 7.05 Å². The summed E-state index contributed by atoms with van der Waals surface area (Å²) >= 11 is 0. The second-order valence-corrected chi connectivity index (χ2v) is 3.09. The standard InChI is InChI=1S/C9H16N6/c1-6-7(3-4-13-6)5-14-9(12-2)15-8(10)11/h3-4,13H,5H2,1-2H3,(H5,10,11,12,14,15). The van der Waals surface area contributed by atoms with Crippen LogP contribution in [-0.2, 0) is 6.54 Å². The van der Waals surface area contributed by atoms with Crippen LogP contribution in [-0.4, -0.2) is 24.0 Å². The fourth-order valence-electron chi connectivity index (χ4n) is 1.16. The Bertz CT molecular complexity index is 364. The van der Waals surface area contributed by atoms with Gasteiger partial charge >= 0.3 is 0 Å². The number of aromatic amines is 1. The number of rotatable bonds is 2. The zero-order valence-corrected chi connectivity index (χ0v) is 8.89. The van der Waals surface area contributed by atoms with Crippen molar-refractivity contribution in [1.29, 1.82) is 5.41 Å². The van der Waals surface area contributed by atoms with Crippen molar-refractivity contribution < 1.29 is 0 Å². The predicted molar refractivity (Wildman–Crippen MR) is 60.8 cm³/mol.